The molecule has 0 aromatic heterocycles. The Morgan fingerprint density at radius 1 is 1.24 bits per heavy atom. The Bertz CT molecular complexity index is 478. The highest BCUT2D eigenvalue weighted by Gasteiger charge is 2.30. The maximum absolute atomic E-state index is 11.3. The van der Waals surface area contributed by atoms with E-state index in [1.54, 1.807) is 0 Å². The minimum atomic E-state index is -0.624. The first kappa shape index (κ1) is 16.0. The van der Waals surface area contributed by atoms with E-state index in [9.17, 15) is 9.90 Å². The van der Waals surface area contributed by atoms with Crippen molar-refractivity contribution >= 4 is 5.97 Å². The number of benzene rings is 1. The number of carboxylic acid groups (broad SMARTS) is 1. The number of hydrogen-bond donors (Lipinski definition) is 2. The van der Waals surface area contributed by atoms with Gasteiger partial charge in [-0.25, -0.2) is 0 Å². The molecule has 0 radical (unpaired) electrons. The molecule has 0 saturated heterocycles. The van der Waals surface area contributed by atoms with Crippen LogP contribution >= 0.6 is 0 Å². The molecule has 0 bridgehead atoms. The fourth-order valence-corrected chi connectivity index (χ4v) is 3.48. The maximum atomic E-state index is 11.3. The van der Waals surface area contributed by atoms with Crippen LogP contribution in [-0.4, -0.2) is 17.6 Å². The zero-order valence-corrected chi connectivity index (χ0v) is 13.4. The number of aryl methyl sites for hydroxylation is 2. The van der Waals surface area contributed by atoms with Crippen molar-refractivity contribution in [3.8, 4) is 0 Å². The number of nitrogens with one attached hydrogen (secondary N) is 1. The third-order valence-electron chi connectivity index (χ3n) is 4.66. The molecule has 1 aromatic rings. The SMILES string of the molecule is Cc1cc(C)cc(C(C)NCC2CCCCC2C(=O)O)c1. The van der Waals surface area contributed by atoms with Crippen LogP contribution < -0.4 is 5.32 Å². The van der Waals surface area contributed by atoms with Gasteiger partial charge in [0.25, 0.3) is 0 Å². The number of hydrogen-bond acceptors (Lipinski definition) is 2. The first-order valence-corrected chi connectivity index (χ1v) is 8.01. The molecule has 1 aromatic carbocycles. The van der Waals surface area contributed by atoms with Gasteiger partial charge in [-0.1, -0.05) is 42.2 Å². The average Bonchev–Trinajstić information content (AvgIpc) is 2.43. The molecular formula is C18H27NO2. The summed E-state index contributed by atoms with van der Waals surface area (Å²) in [5, 5.41) is 12.9. The summed E-state index contributed by atoms with van der Waals surface area (Å²) in [6.07, 6.45) is 4.08. The highest BCUT2D eigenvalue weighted by molar-refractivity contribution is 5.70. The fraction of sp³-hybridized carbons (Fsp3) is 0.611. The normalized spacial score (nSPS) is 23.8. The van der Waals surface area contributed by atoms with E-state index in [-0.39, 0.29) is 17.9 Å². The van der Waals surface area contributed by atoms with E-state index < -0.39 is 5.97 Å². The molecule has 0 aliphatic heterocycles. The van der Waals surface area contributed by atoms with Gasteiger partial charge in [0.2, 0.25) is 0 Å². The Hall–Kier alpha value is -1.35. The van der Waals surface area contributed by atoms with E-state index in [2.05, 4.69) is 44.3 Å². The van der Waals surface area contributed by atoms with Crippen LogP contribution in [0, 0.1) is 25.7 Å². The molecule has 1 aliphatic carbocycles. The third kappa shape index (κ3) is 4.31. The molecule has 1 saturated carbocycles. The van der Waals surface area contributed by atoms with Gasteiger partial charge >= 0.3 is 5.97 Å². The fourth-order valence-electron chi connectivity index (χ4n) is 3.48. The van der Waals surface area contributed by atoms with Crippen LogP contribution in [0.3, 0.4) is 0 Å². The van der Waals surface area contributed by atoms with Crippen molar-refractivity contribution in [3.05, 3.63) is 34.9 Å². The summed E-state index contributed by atoms with van der Waals surface area (Å²) < 4.78 is 0. The van der Waals surface area contributed by atoms with E-state index in [4.69, 9.17) is 0 Å². The van der Waals surface area contributed by atoms with Crippen molar-refractivity contribution in [2.75, 3.05) is 6.54 Å². The Balaban J connectivity index is 1.96. The molecule has 116 valence electrons. The minimum Gasteiger partial charge on any atom is -0.481 e. The van der Waals surface area contributed by atoms with Crippen LogP contribution in [0.4, 0.5) is 0 Å². The molecule has 3 unspecified atom stereocenters. The summed E-state index contributed by atoms with van der Waals surface area (Å²) in [4.78, 5) is 11.3. The Morgan fingerprint density at radius 3 is 2.48 bits per heavy atom. The van der Waals surface area contributed by atoms with E-state index >= 15 is 0 Å². The van der Waals surface area contributed by atoms with Gasteiger partial charge in [-0.2, -0.15) is 0 Å². The lowest BCUT2D eigenvalue weighted by Gasteiger charge is -2.30. The highest BCUT2D eigenvalue weighted by atomic mass is 16.4. The van der Waals surface area contributed by atoms with Crippen LogP contribution in [-0.2, 0) is 4.79 Å². The van der Waals surface area contributed by atoms with Crippen molar-refractivity contribution < 1.29 is 9.90 Å². The minimum absolute atomic E-state index is 0.169. The van der Waals surface area contributed by atoms with E-state index in [1.807, 2.05) is 0 Å². The van der Waals surface area contributed by atoms with E-state index in [0.29, 0.717) is 0 Å². The molecule has 3 atom stereocenters. The van der Waals surface area contributed by atoms with Crippen LogP contribution in [0.15, 0.2) is 18.2 Å². The monoisotopic (exact) mass is 289 g/mol. The molecule has 0 spiro atoms. The van der Waals surface area contributed by atoms with E-state index in [0.717, 1.165) is 32.2 Å². The van der Waals surface area contributed by atoms with Gasteiger partial charge in [-0.05, 0) is 51.6 Å². The van der Waals surface area contributed by atoms with Crippen molar-refractivity contribution in [2.24, 2.45) is 11.8 Å². The standard InChI is InChI=1S/C18H27NO2/c1-12-8-13(2)10-16(9-12)14(3)19-11-15-6-4-5-7-17(15)18(20)21/h8-10,14-15,17,19H,4-7,11H2,1-3H3,(H,20,21). The van der Waals surface area contributed by atoms with Gasteiger partial charge < -0.3 is 10.4 Å². The lowest BCUT2D eigenvalue weighted by Crippen LogP contribution is -2.35. The van der Waals surface area contributed by atoms with Crippen molar-refractivity contribution in [3.63, 3.8) is 0 Å². The molecule has 1 fully saturated rings. The first-order valence-electron chi connectivity index (χ1n) is 8.01. The highest BCUT2D eigenvalue weighted by Crippen LogP contribution is 2.30. The molecule has 0 heterocycles. The average molecular weight is 289 g/mol. The molecule has 2 rings (SSSR count). The Morgan fingerprint density at radius 2 is 1.86 bits per heavy atom. The quantitative estimate of drug-likeness (QED) is 0.865. The summed E-state index contributed by atoms with van der Waals surface area (Å²) in [6.45, 7) is 7.19. The number of carbonyl (C=O) groups is 1. The second-order valence-corrected chi connectivity index (χ2v) is 6.54. The number of aliphatic carboxylic acids is 1. The zero-order valence-electron chi connectivity index (χ0n) is 13.4. The van der Waals surface area contributed by atoms with Gasteiger partial charge in [0.05, 0.1) is 5.92 Å². The molecule has 1 aliphatic rings. The third-order valence-corrected chi connectivity index (χ3v) is 4.66. The van der Waals surface area contributed by atoms with Gasteiger partial charge in [-0.3, -0.25) is 4.79 Å². The molecule has 3 heteroatoms. The largest absolute Gasteiger partial charge is 0.481 e. The summed E-state index contributed by atoms with van der Waals surface area (Å²) in [7, 11) is 0. The van der Waals surface area contributed by atoms with Gasteiger partial charge in [0.15, 0.2) is 0 Å². The van der Waals surface area contributed by atoms with Gasteiger partial charge in [-0.15, -0.1) is 0 Å². The molecule has 0 amide bonds. The smallest absolute Gasteiger partial charge is 0.306 e. The van der Waals surface area contributed by atoms with Crippen molar-refractivity contribution in [1.29, 1.82) is 0 Å². The van der Waals surface area contributed by atoms with Crippen LogP contribution in [0.25, 0.3) is 0 Å². The van der Waals surface area contributed by atoms with Gasteiger partial charge in [0, 0.05) is 6.04 Å². The Kier molecular flexibility index (Phi) is 5.40. The van der Waals surface area contributed by atoms with Crippen LogP contribution in [0.5, 0.6) is 0 Å². The summed E-state index contributed by atoms with van der Waals surface area (Å²) in [5.74, 6) is -0.525. The lowest BCUT2D eigenvalue weighted by molar-refractivity contribution is -0.144. The van der Waals surface area contributed by atoms with E-state index in [1.165, 1.54) is 16.7 Å². The molecular weight excluding hydrogens is 262 g/mol. The predicted octanol–water partition coefficient (Wildman–Crippen LogP) is 3.85. The molecule has 3 nitrogen and oxygen atoms in total. The number of rotatable bonds is 5. The predicted molar refractivity (Wildman–Crippen MR) is 85.4 cm³/mol. The second-order valence-electron chi connectivity index (χ2n) is 6.54. The van der Waals surface area contributed by atoms with Gasteiger partial charge in [0.1, 0.15) is 0 Å². The first-order chi connectivity index (χ1) is 9.97. The van der Waals surface area contributed by atoms with Crippen molar-refractivity contribution in [1.82, 2.24) is 5.32 Å². The number of carboxylic acids is 1. The Labute approximate surface area is 127 Å². The van der Waals surface area contributed by atoms with Crippen LogP contribution in [0.2, 0.25) is 0 Å². The summed E-state index contributed by atoms with van der Waals surface area (Å²) in [6, 6.07) is 6.86. The second kappa shape index (κ2) is 7.08. The van der Waals surface area contributed by atoms with Crippen molar-refractivity contribution in [2.45, 2.75) is 52.5 Å². The maximum Gasteiger partial charge on any atom is 0.306 e. The lowest BCUT2D eigenvalue weighted by atomic mass is 9.79. The summed E-state index contributed by atoms with van der Waals surface area (Å²) >= 11 is 0. The topological polar surface area (TPSA) is 49.3 Å². The summed E-state index contributed by atoms with van der Waals surface area (Å²) in [5.41, 5.74) is 3.84. The molecule has 21 heavy (non-hydrogen) atoms. The van der Waals surface area contributed by atoms with Crippen LogP contribution in [0.1, 0.15) is 55.3 Å². The molecule has 2 N–H and O–H groups in total. The zero-order chi connectivity index (χ0) is 15.4.